The lowest BCUT2D eigenvalue weighted by atomic mass is 10.1. The highest BCUT2D eigenvalue weighted by Crippen LogP contribution is 2.31. The monoisotopic (exact) mass is 433 g/mol. The topological polar surface area (TPSA) is 83.1 Å². The molecule has 164 valence electrons. The molecule has 0 saturated carbocycles. The first kappa shape index (κ1) is 21.2. The quantitative estimate of drug-likeness (QED) is 0.569. The third-order valence-electron chi connectivity index (χ3n) is 4.88. The number of esters is 1. The van der Waals surface area contributed by atoms with E-state index < -0.39 is 18.0 Å². The highest BCUT2D eigenvalue weighted by molar-refractivity contribution is 5.96. The molecule has 1 aliphatic heterocycles. The molecule has 1 amide bonds. The number of methoxy groups -OCH3 is 1. The minimum absolute atomic E-state index is 0.00753. The maximum absolute atomic E-state index is 13.0. The standard InChI is InChI=1S/C25H23NO6/c1-29-20-9-5-8-19(16-20)26-25(28)24(18-6-3-2-4-7-18)32-23(27)15-17-10-11-21-22(14-17)31-13-12-30-21/h2-11,14,16,24H,12-13,15H2,1H3,(H,26,28). The fourth-order valence-corrected chi connectivity index (χ4v) is 3.35. The molecule has 0 radical (unpaired) electrons. The van der Waals surface area contributed by atoms with Crippen LogP contribution in [0.25, 0.3) is 0 Å². The minimum atomic E-state index is -1.10. The van der Waals surface area contributed by atoms with Crippen LogP contribution >= 0.6 is 0 Å². The predicted molar refractivity (Wildman–Crippen MR) is 118 cm³/mol. The highest BCUT2D eigenvalue weighted by Gasteiger charge is 2.25. The van der Waals surface area contributed by atoms with E-state index in [9.17, 15) is 9.59 Å². The van der Waals surface area contributed by atoms with Gasteiger partial charge in [0.1, 0.15) is 19.0 Å². The van der Waals surface area contributed by atoms with Crippen LogP contribution in [0.5, 0.6) is 17.2 Å². The largest absolute Gasteiger partial charge is 0.497 e. The van der Waals surface area contributed by atoms with Gasteiger partial charge in [-0.1, -0.05) is 42.5 Å². The number of amides is 1. The first-order valence-electron chi connectivity index (χ1n) is 10.2. The van der Waals surface area contributed by atoms with Crippen LogP contribution in [0, 0.1) is 0 Å². The normalized spacial score (nSPS) is 13.0. The van der Waals surface area contributed by atoms with Crippen molar-refractivity contribution < 1.29 is 28.5 Å². The summed E-state index contributed by atoms with van der Waals surface area (Å²) < 4.78 is 21.9. The molecule has 1 heterocycles. The van der Waals surface area contributed by atoms with Crippen LogP contribution in [-0.2, 0) is 20.7 Å². The van der Waals surface area contributed by atoms with Crippen molar-refractivity contribution in [2.45, 2.75) is 12.5 Å². The number of hydrogen-bond acceptors (Lipinski definition) is 6. The molecule has 0 fully saturated rings. The summed E-state index contributed by atoms with van der Waals surface area (Å²) in [4.78, 5) is 25.8. The number of fused-ring (bicyclic) bond motifs is 1. The molecule has 1 atom stereocenters. The van der Waals surface area contributed by atoms with Gasteiger partial charge in [-0.05, 0) is 29.8 Å². The molecular weight excluding hydrogens is 410 g/mol. The van der Waals surface area contributed by atoms with E-state index in [1.165, 1.54) is 0 Å². The van der Waals surface area contributed by atoms with Gasteiger partial charge in [-0.25, -0.2) is 0 Å². The van der Waals surface area contributed by atoms with E-state index in [0.29, 0.717) is 47.3 Å². The van der Waals surface area contributed by atoms with Gasteiger partial charge in [0.2, 0.25) is 6.10 Å². The van der Waals surface area contributed by atoms with Gasteiger partial charge in [-0.15, -0.1) is 0 Å². The Morgan fingerprint density at radius 2 is 1.72 bits per heavy atom. The minimum Gasteiger partial charge on any atom is -0.497 e. The summed E-state index contributed by atoms with van der Waals surface area (Å²) in [5.41, 5.74) is 1.82. The number of benzene rings is 3. The number of carbonyl (C=O) groups excluding carboxylic acids is 2. The molecule has 1 unspecified atom stereocenters. The van der Waals surface area contributed by atoms with Crippen LogP contribution in [0.3, 0.4) is 0 Å². The van der Waals surface area contributed by atoms with Crippen LogP contribution < -0.4 is 19.5 Å². The number of nitrogens with one attached hydrogen (secondary N) is 1. The van der Waals surface area contributed by atoms with Crippen molar-refractivity contribution in [2.24, 2.45) is 0 Å². The molecule has 7 heteroatoms. The van der Waals surface area contributed by atoms with E-state index in [0.717, 1.165) is 0 Å². The first-order chi connectivity index (χ1) is 15.6. The Hall–Kier alpha value is -4.00. The fraction of sp³-hybridized carbons (Fsp3) is 0.200. The average molecular weight is 433 g/mol. The van der Waals surface area contributed by atoms with Crippen molar-refractivity contribution in [3.05, 3.63) is 83.9 Å². The van der Waals surface area contributed by atoms with Gasteiger partial charge in [0.15, 0.2) is 11.5 Å². The van der Waals surface area contributed by atoms with Gasteiger partial charge in [0.05, 0.1) is 13.5 Å². The number of anilines is 1. The summed E-state index contributed by atoms with van der Waals surface area (Å²) in [5, 5.41) is 2.79. The lowest BCUT2D eigenvalue weighted by molar-refractivity contribution is -0.154. The van der Waals surface area contributed by atoms with E-state index in [2.05, 4.69) is 5.32 Å². The van der Waals surface area contributed by atoms with Crippen molar-refractivity contribution >= 4 is 17.6 Å². The molecule has 0 aliphatic carbocycles. The van der Waals surface area contributed by atoms with Gasteiger partial charge >= 0.3 is 5.97 Å². The van der Waals surface area contributed by atoms with Gasteiger partial charge < -0.3 is 24.3 Å². The van der Waals surface area contributed by atoms with Crippen molar-refractivity contribution in [1.29, 1.82) is 0 Å². The molecule has 0 spiro atoms. The number of ether oxygens (including phenoxy) is 4. The van der Waals surface area contributed by atoms with E-state index in [4.69, 9.17) is 18.9 Å². The zero-order chi connectivity index (χ0) is 22.3. The fourth-order valence-electron chi connectivity index (χ4n) is 3.35. The van der Waals surface area contributed by atoms with Crippen molar-refractivity contribution in [3.8, 4) is 17.2 Å². The zero-order valence-electron chi connectivity index (χ0n) is 17.6. The maximum Gasteiger partial charge on any atom is 0.311 e. The van der Waals surface area contributed by atoms with Gasteiger partial charge in [0, 0.05) is 17.3 Å². The third kappa shape index (κ3) is 5.18. The van der Waals surface area contributed by atoms with Crippen LogP contribution in [-0.4, -0.2) is 32.2 Å². The molecule has 4 rings (SSSR count). The molecule has 32 heavy (non-hydrogen) atoms. The Morgan fingerprint density at radius 3 is 2.50 bits per heavy atom. The molecule has 0 bridgehead atoms. The summed E-state index contributed by atoms with van der Waals surface area (Å²) in [6.07, 6.45) is -1.11. The summed E-state index contributed by atoms with van der Waals surface area (Å²) in [6.45, 7) is 0.955. The number of hydrogen-bond donors (Lipinski definition) is 1. The molecule has 0 saturated heterocycles. The Labute approximate surface area is 185 Å². The average Bonchev–Trinajstić information content (AvgIpc) is 2.83. The van der Waals surface area contributed by atoms with Crippen LogP contribution in [0.1, 0.15) is 17.2 Å². The zero-order valence-corrected chi connectivity index (χ0v) is 17.6. The smallest absolute Gasteiger partial charge is 0.311 e. The van der Waals surface area contributed by atoms with Crippen molar-refractivity contribution in [3.63, 3.8) is 0 Å². The lowest BCUT2D eigenvalue weighted by Gasteiger charge is -2.20. The van der Waals surface area contributed by atoms with Gasteiger partial charge in [-0.2, -0.15) is 0 Å². The summed E-state index contributed by atoms with van der Waals surface area (Å²) in [7, 11) is 1.55. The SMILES string of the molecule is COc1cccc(NC(=O)C(OC(=O)Cc2ccc3c(c2)OCCO3)c2ccccc2)c1. The number of rotatable bonds is 7. The molecule has 1 aliphatic rings. The van der Waals surface area contributed by atoms with E-state index in [1.54, 1.807) is 73.8 Å². The molecule has 0 aromatic heterocycles. The predicted octanol–water partition coefficient (Wildman–Crippen LogP) is 3.93. The second kappa shape index (κ2) is 9.87. The molecular formula is C25H23NO6. The van der Waals surface area contributed by atoms with Crippen LogP contribution in [0.15, 0.2) is 72.8 Å². The summed E-state index contributed by atoms with van der Waals surface area (Å²) >= 11 is 0. The Bertz CT molecular complexity index is 1100. The van der Waals surface area contributed by atoms with Crippen molar-refractivity contribution in [2.75, 3.05) is 25.6 Å². The summed E-state index contributed by atoms with van der Waals surface area (Å²) in [6, 6.07) is 21.2. The van der Waals surface area contributed by atoms with Crippen LogP contribution in [0.2, 0.25) is 0 Å². The van der Waals surface area contributed by atoms with Crippen molar-refractivity contribution in [1.82, 2.24) is 0 Å². The first-order valence-corrected chi connectivity index (χ1v) is 10.2. The molecule has 3 aromatic rings. The second-order valence-corrected chi connectivity index (χ2v) is 7.16. The Morgan fingerprint density at radius 1 is 0.938 bits per heavy atom. The molecule has 1 N–H and O–H groups in total. The Balaban J connectivity index is 1.49. The third-order valence-corrected chi connectivity index (χ3v) is 4.88. The van der Waals surface area contributed by atoms with Crippen LogP contribution in [0.4, 0.5) is 5.69 Å². The lowest BCUT2D eigenvalue weighted by Crippen LogP contribution is -2.26. The molecule has 3 aromatic carbocycles. The summed E-state index contributed by atoms with van der Waals surface area (Å²) in [5.74, 6) is 0.857. The van der Waals surface area contributed by atoms with Gasteiger partial charge in [-0.3, -0.25) is 9.59 Å². The second-order valence-electron chi connectivity index (χ2n) is 7.16. The maximum atomic E-state index is 13.0. The van der Waals surface area contributed by atoms with Gasteiger partial charge in [0.25, 0.3) is 5.91 Å². The Kier molecular flexibility index (Phi) is 6.55. The van der Waals surface area contributed by atoms with E-state index >= 15 is 0 Å². The highest BCUT2D eigenvalue weighted by atomic mass is 16.6. The number of carbonyl (C=O) groups is 2. The molecule has 7 nitrogen and oxygen atoms in total. The van der Waals surface area contributed by atoms with E-state index in [1.807, 2.05) is 6.07 Å². The van der Waals surface area contributed by atoms with E-state index in [-0.39, 0.29) is 6.42 Å².